The number of hydrogen-bond donors (Lipinski definition) is 2. The number of nitriles is 1. The van der Waals surface area contributed by atoms with Gasteiger partial charge in [0, 0.05) is 6.04 Å². The van der Waals surface area contributed by atoms with Crippen molar-refractivity contribution >= 4 is 10.0 Å². The molecule has 1 aromatic carbocycles. The molecule has 1 fully saturated rings. The van der Waals surface area contributed by atoms with Crippen molar-refractivity contribution in [2.45, 2.75) is 37.1 Å². The first-order chi connectivity index (χ1) is 9.49. The second-order valence-corrected chi connectivity index (χ2v) is 6.90. The molecule has 0 bridgehead atoms. The lowest BCUT2D eigenvalue weighted by molar-refractivity contribution is 0.453. The van der Waals surface area contributed by atoms with E-state index in [0.717, 1.165) is 19.3 Å². The van der Waals surface area contributed by atoms with Gasteiger partial charge >= 0.3 is 0 Å². The van der Waals surface area contributed by atoms with E-state index in [-0.39, 0.29) is 22.4 Å². The smallest absolute Gasteiger partial charge is 0.242 e. The van der Waals surface area contributed by atoms with Gasteiger partial charge in [0.1, 0.15) is 11.0 Å². The summed E-state index contributed by atoms with van der Waals surface area (Å²) < 4.78 is 27.7. The molecule has 0 heterocycles. The summed E-state index contributed by atoms with van der Waals surface area (Å²) >= 11 is 0. The minimum Gasteiger partial charge on any atom is -0.330 e. The van der Waals surface area contributed by atoms with Crippen LogP contribution in [0.15, 0.2) is 23.1 Å². The van der Waals surface area contributed by atoms with E-state index >= 15 is 0 Å². The number of nitrogens with zero attached hydrogens (tertiary/aromatic N) is 1. The molecule has 108 valence electrons. The lowest BCUT2D eigenvalue weighted by Crippen LogP contribution is -2.40. The van der Waals surface area contributed by atoms with Crippen molar-refractivity contribution in [2.75, 3.05) is 6.54 Å². The minimum atomic E-state index is -3.68. The van der Waals surface area contributed by atoms with E-state index in [1.165, 1.54) is 6.07 Å². The maximum absolute atomic E-state index is 12.5. The van der Waals surface area contributed by atoms with Crippen molar-refractivity contribution in [1.82, 2.24) is 4.72 Å². The average molecular weight is 293 g/mol. The van der Waals surface area contributed by atoms with Gasteiger partial charge in [0.05, 0.1) is 5.56 Å². The normalized spacial score (nSPS) is 22.6. The van der Waals surface area contributed by atoms with E-state index in [1.54, 1.807) is 19.1 Å². The Hall–Kier alpha value is -1.42. The van der Waals surface area contributed by atoms with Gasteiger partial charge in [0.2, 0.25) is 10.0 Å². The Bertz CT molecular complexity index is 634. The van der Waals surface area contributed by atoms with E-state index in [2.05, 4.69) is 4.72 Å². The fraction of sp³-hybridized carbons (Fsp3) is 0.500. The molecule has 2 rings (SSSR count). The Labute approximate surface area is 119 Å². The van der Waals surface area contributed by atoms with Gasteiger partial charge < -0.3 is 5.73 Å². The predicted octanol–water partition coefficient (Wildman–Crippen LogP) is 1.27. The zero-order chi connectivity index (χ0) is 14.8. The third kappa shape index (κ3) is 2.85. The van der Waals surface area contributed by atoms with Gasteiger partial charge in [-0.3, -0.25) is 0 Å². The van der Waals surface area contributed by atoms with Crippen LogP contribution in [0.2, 0.25) is 0 Å². The topological polar surface area (TPSA) is 96.0 Å². The van der Waals surface area contributed by atoms with E-state index < -0.39 is 10.0 Å². The Morgan fingerprint density at radius 2 is 2.20 bits per heavy atom. The molecule has 3 N–H and O–H groups in total. The van der Waals surface area contributed by atoms with Crippen molar-refractivity contribution in [2.24, 2.45) is 11.7 Å². The van der Waals surface area contributed by atoms with Crippen molar-refractivity contribution < 1.29 is 8.42 Å². The Balaban J connectivity index is 2.32. The van der Waals surface area contributed by atoms with Crippen LogP contribution < -0.4 is 10.5 Å². The SMILES string of the molecule is Cc1cccc(S(=O)(=O)N[C@H]2CCC[C@H]2CN)c1C#N. The second kappa shape index (κ2) is 5.92. The minimum absolute atomic E-state index is 0.0580. The van der Waals surface area contributed by atoms with Gasteiger partial charge in [0.15, 0.2) is 0 Å². The van der Waals surface area contributed by atoms with Gasteiger partial charge in [-0.1, -0.05) is 18.6 Å². The molecule has 0 spiro atoms. The molecule has 1 saturated carbocycles. The fourth-order valence-electron chi connectivity index (χ4n) is 2.74. The highest BCUT2D eigenvalue weighted by atomic mass is 32.2. The van der Waals surface area contributed by atoms with Crippen LogP contribution in [0.5, 0.6) is 0 Å². The predicted molar refractivity (Wildman–Crippen MR) is 76.4 cm³/mol. The number of benzene rings is 1. The van der Waals surface area contributed by atoms with Gasteiger partial charge in [-0.2, -0.15) is 5.26 Å². The summed E-state index contributed by atoms with van der Waals surface area (Å²) in [4.78, 5) is 0.0580. The van der Waals surface area contributed by atoms with Gasteiger partial charge in [-0.25, -0.2) is 13.1 Å². The van der Waals surface area contributed by atoms with Gasteiger partial charge in [0.25, 0.3) is 0 Å². The number of sulfonamides is 1. The standard InChI is InChI=1S/C14H19N3O2S/c1-10-4-2-7-14(12(10)9-16)20(18,19)17-13-6-3-5-11(13)8-15/h2,4,7,11,13,17H,3,5-6,8,15H2,1H3/t11-,13-/m0/s1. The quantitative estimate of drug-likeness (QED) is 0.873. The Kier molecular flexibility index (Phi) is 4.43. The first-order valence-corrected chi connectivity index (χ1v) is 8.20. The van der Waals surface area contributed by atoms with Crippen molar-refractivity contribution in [3.8, 4) is 6.07 Å². The molecule has 0 aliphatic heterocycles. The van der Waals surface area contributed by atoms with E-state index in [4.69, 9.17) is 11.0 Å². The third-order valence-electron chi connectivity index (χ3n) is 3.90. The van der Waals surface area contributed by atoms with Crippen LogP contribution in [0.1, 0.15) is 30.4 Å². The molecule has 1 aliphatic carbocycles. The van der Waals surface area contributed by atoms with Crippen LogP contribution in [-0.4, -0.2) is 21.0 Å². The maximum Gasteiger partial charge on any atom is 0.242 e. The summed E-state index contributed by atoms with van der Waals surface area (Å²) in [6, 6.07) is 6.71. The summed E-state index contributed by atoms with van der Waals surface area (Å²) in [6.07, 6.45) is 2.73. The van der Waals surface area contributed by atoms with Crippen LogP contribution in [0.3, 0.4) is 0 Å². The molecule has 0 saturated heterocycles. The lowest BCUT2D eigenvalue weighted by Gasteiger charge is -2.20. The van der Waals surface area contributed by atoms with Crippen LogP contribution in [0.4, 0.5) is 0 Å². The largest absolute Gasteiger partial charge is 0.330 e. The molecule has 0 amide bonds. The summed E-state index contributed by atoms with van der Waals surface area (Å²) in [5.74, 6) is 0.181. The number of nitrogens with two attached hydrogens (primary N) is 1. The van der Waals surface area contributed by atoms with Gasteiger partial charge in [-0.15, -0.1) is 0 Å². The molecule has 1 aromatic rings. The summed E-state index contributed by atoms with van der Waals surface area (Å²) in [7, 11) is -3.68. The monoisotopic (exact) mass is 293 g/mol. The summed E-state index contributed by atoms with van der Waals surface area (Å²) in [5, 5.41) is 9.16. The maximum atomic E-state index is 12.5. The molecule has 6 heteroatoms. The highest BCUT2D eigenvalue weighted by Crippen LogP contribution is 2.27. The van der Waals surface area contributed by atoms with E-state index in [1.807, 2.05) is 6.07 Å². The molecule has 0 unspecified atom stereocenters. The molecule has 20 heavy (non-hydrogen) atoms. The molecule has 5 nitrogen and oxygen atoms in total. The average Bonchev–Trinajstić information content (AvgIpc) is 2.84. The number of aryl methyl sites for hydroxylation is 1. The molecule has 2 atom stereocenters. The number of hydrogen-bond acceptors (Lipinski definition) is 4. The third-order valence-corrected chi connectivity index (χ3v) is 5.44. The zero-order valence-corrected chi connectivity index (χ0v) is 12.3. The van der Waals surface area contributed by atoms with Crippen LogP contribution in [0, 0.1) is 24.2 Å². The van der Waals surface area contributed by atoms with Crippen molar-refractivity contribution in [3.05, 3.63) is 29.3 Å². The van der Waals surface area contributed by atoms with Crippen molar-refractivity contribution in [3.63, 3.8) is 0 Å². The summed E-state index contributed by atoms with van der Waals surface area (Å²) in [6.45, 7) is 2.21. The lowest BCUT2D eigenvalue weighted by atomic mass is 10.1. The van der Waals surface area contributed by atoms with E-state index in [9.17, 15) is 8.42 Å². The fourth-order valence-corrected chi connectivity index (χ4v) is 4.31. The highest BCUT2D eigenvalue weighted by molar-refractivity contribution is 7.89. The molecular formula is C14H19N3O2S. The highest BCUT2D eigenvalue weighted by Gasteiger charge is 2.31. The van der Waals surface area contributed by atoms with E-state index in [0.29, 0.717) is 12.1 Å². The summed E-state index contributed by atoms with van der Waals surface area (Å²) in [5.41, 5.74) is 6.55. The molecule has 0 radical (unpaired) electrons. The van der Waals surface area contributed by atoms with Crippen molar-refractivity contribution in [1.29, 1.82) is 5.26 Å². The first kappa shape index (κ1) is 15.0. The zero-order valence-electron chi connectivity index (χ0n) is 11.5. The molecule has 1 aliphatic rings. The second-order valence-electron chi connectivity index (χ2n) is 5.21. The van der Waals surface area contributed by atoms with Crippen LogP contribution in [0.25, 0.3) is 0 Å². The Morgan fingerprint density at radius 1 is 1.45 bits per heavy atom. The number of nitrogens with one attached hydrogen (secondary N) is 1. The first-order valence-electron chi connectivity index (χ1n) is 6.71. The molecule has 0 aromatic heterocycles. The van der Waals surface area contributed by atoms with Crippen LogP contribution >= 0.6 is 0 Å². The molecular weight excluding hydrogens is 274 g/mol. The number of rotatable bonds is 4. The van der Waals surface area contributed by atoms with Crippen LogP contribution in [-0.2, 0) is 10.0 Å². The van der Waals surface area contributed by atoms with Gasteiger partial charge in [-0.05, 0) is 43.9 Å². The Morgan fingerprint density at radius 3 is 2.85 bits per heavy atom.